The van der Waals surface area contributed by atoms with E-state index < -0.39 is 0 Å². The lowest BCUT2D eigenvalue weighted by Crippen LogP contribution is -2.14. The minimum Gasteiger partial charge on any atom is -0.306 e. The molecule has 0 bridgehead atoms. The van der Waals surface area contributed by atoms with E-state index in [1.165, 1.54) is 25.7 Å². The molecule has 0 saturated heterocycles. The van der Waals surface area contributed by atoms with Crippen molar-refractivity contribution in [2.45, 2.75) is 43.6 Å². The molecule has 0 amide bonds. The number of hydrogen-bond acceptors (Lipinski definition) is 0. The monoisotopic (exact) mass is 228 g/mol. The molecule has 0 aromatic rings. The lowest BCUT2D eigenvalue weighted by molar-refractivity contribution is 0.357. The summed E-state index contributed by atoms with van der Waals surface area (Å²) >= 11 is 3.86. The number of rotatable bonds is 3. The molecule has 0 aliphatic heterocycles. The number of hydrogen-bond donors (Lipinski definition) is 0. The molecule has 1 aliphatic carbocycles. The van der Waals surface area contributed by atoms with E-state index in [-0.39, 0.29) is 18.2 Å². The van der Waals surface area contributed by atoms with E-state index in [1.807, 2.05) is 0 Å². The Bertz CT molecular complexity index is 116. The fraction of sp³-hybridized carbons (Fsp3) is 1.00. The Hall–Kier alpha value is 1.25. The lowest BCUT2D eigenvalue weighted by Gasteiger charge is -2.23. The first-order valence-corrected chi connectivity index (χ1v) is 9.57. The highest BCUT2D eigenvalue weighted by Crippen LogP contribution is 2.42. The van der Waals surface area contributed by atoms with Crippen molar-refractivity contribution >= 4 is 31.1 Å². The van der Waals surface area contributed by atoms with Crippen LogP contribution in [0.3, 0.4) is 0 Å². The van der Waals surface area contributed by atoms with Crippen LogP contribution in [0, 0.1) is 11.8 Å². The van der Waals surface area contributed by atoms with Gasteiger partial charge in [-0.1, -0.05) is 45.4 Å². The van der Waals surface area contributed by atoms with Gasteiger partial charge < -0.3 is 12.9 Å². The Morgan fingerprint density at radius 1 is 1.55 bits per heavy atom. The fourth-order valence-corrected chi connectivity index (χ4v) is 6.09. The van der Waals surface area contributed by atoms with E-state index >= 15 is 0 Å². The van der Waals surface area contributed by atoms with Crippen molar-refractivity contribution in [2.75, 3.05) is 0 Å². The summed E-state index contributed by atoms with van der Waals surface area (Å²) in [6.07, 6.45) is 5.91. The second-order valence-corrected chi connectivity index (χ2v) is 7.19. The summed E-state index contributed by atoms with van der Waals surface area (Å²) in [5, 5.41) is 0. The highest BCUT2D eigenvalue weighted by molar-refractivity contribution is 9.23. The second-order valence-electron chi connectivity index (χ2n) is 3.89. The summed E-state index contributed by atoms with van der Waals surface area (Å²) in [6.45, 7) is 4.76. The fourth-order valence-electron chi connectivity index (χ4n) is 2.31. The molecule has 62 valence electrons. The minimum atomic E-state index is 0.103. The van der Waals surface area contributed by atoms with Crippen LogP contribution in [-0.4, -0.2) is 18.2 Å². The van der Waals surface area contributed by atoms with Gasteiger partial charge in [-0.05, 0) is 5.92 Å². The number of halogens is 1. The molecule has 11 heavy (non-hydrogen) atoms. The van der Waals surface area contributed by atoms with E-state index in [4.69, 9.17) is 0 Å². The van der Waals surface area contributed by atoms with Crippen LogP contribution in [0.4, 0.5) is 0 Å². The predicted octanol–water partition coefficient (Wildman–Crippen LogP) is 3.64. The van der Waals surface area contributed by atoms with Gasteiger partial charge in [-0.25, -0.2) is 0 Å². The van der Waals surface area contributed by atoms with E-state index in [1.54, 1.807) is 0 Å². The average molecular weight is 229 g/mol. The topological polar surface area (TPSA) is 0 Å². The van der Waals surface area contributed by atoms with Gasteiger partial charge >= 0.3 is 18.2 Å². The van der Waals surface area contributed by atoms with Gasteiger partial charge in [-0.2, -0.15) is 0 Å². The molecule has 0 N–H and O–H groups in total. The molecule has 0 aromatic carbocycles. The molecule has 0 radical (unpaired) electrons. The van der Waals surface area contributed by atoms with Gasteiger partial charge in [0.1, 0.15) is 0 Å². The Balaban J connectivity index is 2.42. The van der Waals surface area contributed by atoms with Gasteiger partial charge in [0.2, 0.25) is 0 Å². The molecule has 2 heteroatoms. The third kappa shape index (κ3) is 2.60. The third-order valence-corrected chi connectivity index (χ3v) is 7.20. The van der Waals surface area contributed by atoms with Crippen molar-refractivity contribution in [3.8, 4) is 0 Å². The van der Waals surface area contributed by atoms with Crippen molar-refractivity contribution in [3.05, 3.63) is 0 Å². The molecule has 0 nitrogen and oxygen atoms in total. The summed E-state index contributed by atoms with van der Waals surface area (Å²) < 4.78 is 1.12. The molecule has 0 aromatic heterocycles. The Morgan fingerprint density at radius 2 is 2.27 bits per heavy atom. The van der Waals surface area contributed by atoms with Crippen molar-refractivity contribution in [3.63, 3.8) is 0 Å². The van der Waals surface area contributed by atoms with Crippen molar-refractivity contribution < 1.29 is 0 Å². The first kappa shape index (κ1) is 10.3. The van der Waals surface area contributed by atoms with Crippen LogP contribution in [0.2, 0.25) is 4.05 Å². The van der Waals surface area contributed by atoms with E-state index in [0.717, 1.165) is 15.9 Å². The maximum absolute atomic E-state index is 3.75. The van der Waals surface area contributed by atoms with Crippen LogP contribution >= 0.6 is 12.9 Å². The maximum Gasteiger partial charge on any atom is 0.472 e. The molecule has 0 spiro atoms. The molecule has 1 fully saturated rings. The highest BCUT2D eigenvalue weighted by Gasteiger charge is 2.30. The molecule has 1 aliphatic rings. The lowest BCUT2D eigenvalue weighted by atomic mass is 9.90. The Kier molecular flexibility index (Phi) is 4.77. The molecule has 3 atom stereocenters. The quantitative estimate of drug-likeness (QED) is 0.648. The van der Waals surface area contributed by atoms with Gasteiger partial charge in [-0.15, -0.1) is 4.05 Å². The van der Waals surface area contributed by atoms with Crippen molar-refractivity contribution in [2.24, 2.45) is 11.8 Å². The SMILES string of the molecule is CCC(C)C1CCC[CH]1[Mg][Br]. The summed E-state index contributed by atoms with van der Waals surface area (Å²) in [5.41, 5.74) is 0. The zero-order valence-corrected chi connectivity index (χ0v) is 10.6. The molecule has 3 unspecified atom stereocenters. The molecule has 1 saturated carbocycles. The molecular weight excluding hydrogens is 212 g/mol. The molecule has 1 rings (SSSR count). The van der Waals surface area contributed by atoms with Gasteiger partial charge in [0, 0.05) is 0 Å². The highest BCUT2D eigenvalue weighted by atomic mass is 79.9. The Labute approximate surface area is 86.1 Å². The van der Waals surface area contributed by atoms with Crippen LogP contribution in [0.1, 0.15) is 39.5 Å². The molecule has 0 heterocycles. The van der Waals surface area contributed by atoms with Crippen molar-refractivity contribution in [1.82, 2.24) is 0 Å². The van der Waals surface area contributed by atoms with Crippen LogP contribution in [-0.2, 0) is 0 Å². The summed E-state index contributed by atoms with van der Waals surface area (Å²) in [4.78, 5) is 0. The van der Waals surface area contributed by atoms with Gasteiger partial charge in [0.25, 0.3) is 0 Å². The standard InChI is InChI=1S/C9H17.BrH.Mg/c1-3-8(2)9-6-4-5-7-9;;/h6,8-9H,3-5,7H2,1-2H3;1H;/q;;+1/p-1. The van der Waals surface area contributed by atoms with Crippen LogP contribution in [0.15, 0.2) is 0 Å². The smallest absolute Gasteiger partial charge is 0.306 e. The van der Waals surface area contributed by atoms with Crippen LogP contribution in [0.5, 0.6) is 0 Å². The summed E-state index contributed by atoms with van der Waals surface area (Å²) in [6, 6.07) is 0. The van der Waals surface area contributed by atoms with E-state index in [0.29, 0.717) is 0 Å². The Morgan fingerprint density at radius 3 is 2.82 bits per heavy atom. The summed E-state index contributed by atoms with van der Waals surface area (Å²) in [5.74, 6) is 2.05. The van der Waals surface area contributed by atoms with E-state index in [2.05, 4.69) is 26.7 Å². The van der Waals surface area contributed by atoms with Crippen LogP contribution < -0.4 is 0 Å². The zero-order chi connectivity index (χ0) is 8.27. The van der Waals surface area contributed by atoms with Gasteiger partial charge in [-0.3, -0.25) is 0 Å². The largest absolute Gasteiger partial charge is 0.472 e. The third-order valence-electron chi connectivity index (χ3n) is 3.29. The zero-order valence-electron chi connectivity index (χ0n) is 7.65. The summed E-state index contributed by atoms with van der Waals surface area (Å²) in [7, 11) is 0. The minimum absolute atomic E-state index is 0.103. The first-order chi connectivity index (χ1) is 5.29. The molecular formula is C9H17BrMg. The van der Waals surface area contributed by atoms with Gasteiger partial charge in [0.05, 0.1) is 0 Å². The normalized spacial score (nSPS) is 33.4. The predicted molar refractivity (Wildman–Crippen MR) is 55.2 cm³/mol. The van der Waals surface area contributed by atoms with Crippen LogP contribution in [0.25, 0.3) is 0 Å². The average Bonchev–Trinajstić information content (AvgIpc) is 2.50. The second kappa shape index (κ2) is 5.08. The first-order valence-electron chi connectivity index (χ1n) is 4.85. The van der Waals surface area contributed by atoms with E-state index in [9.17, 15) is 0 Å². The van der Waals surface area contributed by atoms with Crippen molar-refractivity contribution in [1.29, 1.82) is 0 Å². The van der Waals surface area contributed by atoms with Gasteiger partial charge in [0.15, 0.2) is 0 Å². The maximum atomic E-state index is 3.75.